The second kappa shape index (κ2) is 7.78. The van der Waals surface area contributed by atoms with E-state index in [2.05, 4.69) is 12.6 Å². The van der Waals surface area contributed by atoms with Crippen molar-refractivity contribution in [3.8, 4) is 0 Å². The largest absolute Gasteiger partial charge is 0.500 e. The Hall–Kier alpha value is 0.407. The Kier molecular flexibility index (Phi) is 8.02. The zero-order chi connectivity index (χ0) is 10.2. The molecule has 0 radical (unpaired) electrons. The van der Waals surface area contributed by atoms with Crippen LogP contribution in [0.25, 0.3) is 0 Å². The van der Waals surface area contributed by atoms with Crippen LogP contribution in [0.2, 0.25) is 6.04 Å². The summed E-state index contributed by atoms with van der Waals surface area (Å²) in [4.78, 5) is 0. The van der Waals surface area contributed by atoms with Crippen molar-refractivity contribution in [1.82, 2.24) is 0 Å². The first kappa shape index (κ1) is 13.4. The number of hydrogen-bond donors (Lipinski definition) is 1. The van der Waals surface area contributed by atoms with E-state index in [0.29, 0.717) is 12.5 Å². The molecular weight excluding hydrogens is 208 g/mol. The summed E-state index contributed by atoms with van der Waals surface area (Å²) in [5.74, 6) is 0.446. The molecule has 0 aromatic heterocycles. The zero-order valence-electron chi connectivity index (χ0n) is 8.41. The van der Waals surface area contributed by atoms with Gasteiger partial charge in [-0.2, -0.15) is 12.6 Å². The van der Waals surface area contributed by atoms with Crippen LogP contribution in [0, 0.1) is 0 Å². The molecule has 0 rings (SSSR count). The van der Waals surface area contributed by atoms with Gasteiger partial charge in [0.05, 0.1) is 5.94 Å². The van der Waals surface area contributed by atoms with Crippen molar-refractivity contribution in [2.24, 2.45) is 0 Å². The summed E-state index contributed by atoms with van der Waals surface area (Å²) in [5.41, 5.74) is 0. The fourth-order valence-electron chi connectivity index (χ4n) is 1.01. The monoisotopic (exact) mass is 226 g/mol. The van der Waals surface area contributed by atoms with Crippen LogP contribution >= 0.6 is 12.6 Å². The quantitative estimate of drug-likeness (QED) is 0.292. The molecule has 0 amide bonds. The van der Waals surface area contributed by atoms with E-state index in [1.807, 2.05) is 0 Å². The van der Waals surface area contributed by atoms with E-state index in [1.54, 1.807) is 21.3 Å². The standard InChI is InChI=1S/C7H18O4SSi/c1-8-13(9-2,10-3)6-4-5-11-7-12/h12H,4-7H2,1-3H3. The van der Waals surface area contributed by atoms with Crippen molar-refractivity contribution in [2.75, 3.05) is 33.9 Å². The third-order valence-electron chi connectivity index (χ3n) is 1.80. The van der Waals surface area contributed by atoms with E-state index >= 15 is 0 Å². The summed E-state index contributed by atoms with van der Waals surface area (Å²) < 4.78 is 20.8. The van der Waals surface area contributed by atoms with Crippen LogP contribution < -0.4 is 0 Å². The van der Waals surface area contributed by atoms with Gasteiger partial charge in [0.2, 0.25) is 0 Å². The van der Waals surface area contributed by atoms with Crippen LogP contribution in [0.5, 0.6) is 0 Å². The molecule has 0 spiro atoms. The van der Waals surface area contributed by atoms with E-state index in [-0.39, 0.29) is 0 Å². The van der Waals surface area contributed by atoms with Crippen LogP contribution in [0.3, 0.4) is 0 Å². The van der Waals surface area contributed by atoms with Gasteiger partial charge in [0.1, 0.15) is 0 Å². The molecule has 0 atom stereocenters. The van der Waals surface area contributed by atoms with Crippen molar-refractivity contribution >= 4 is 21.4 Å². The Morgan fingerprint density at radius 1 is 1.08 bits per heavy atom. The molecule has 0 heterocycles. The molecule has 0 aromatic rings. The number of rotatable bonds is 8. The highest BCUT2D eigenvalue weighted by Crippen LogP contribution is 2.14. The van der Waals surface area contributed by atoms with Crippen molar-refractivity contribution in [3.05, 3.63) is 0 Å². The van der Waals surface area contributed by atoms with Crippen LogP contribution in [-0.4, -0.2) is 42.7 Å². The smallest absolute Gasteiger partial charge is 0.377 e. The molecule has 80 valence electrons. The predicted molar refractivity (Wildman–Crippen MR) is 56.0 cm³/mol. The van der Waals surface area contributed by atoms with Gasteiger partial charge in [-0.1, -0.05) is 0 Å². The van der Waals surface area contributed by atoms with Gasteiger partial charge in [0.25, 0.3) is 0 Å². The molecule has 0 aliphatic carbocycles. The summed E-state index contributed by atoms with van der Waals surface area (Å²) >= 11 is 3.93. The predicted octanol–water partition coefficient (Wildman–Crippen LogP) is 1.16. The zero-order valence-corrected chi connectivity index (χ0v) is 10.3. The van der Waals surface area contributed by atoms with Gasteiger partial charge in [-0.3, -0.25) is 0 Å². The molecule has 0 unspecified atom stereocenters. The third-order valence-corrected chi connectivity index (χ3v) is 4.81. The Labute approximate surface area is 86.3 Å². The lowest BCUT2D eigenvalue weighted by Crippen LogP contribution is -2.42. The first-order valence-electron chi connectivity index (χ1n) is 4.08. The summed E-state index contributed by atoms with van der Waals surface area (Å²) in [6, 6.07) is 0.768. The molecule has 0 aliphatic rings. The van der Waals surface area contributed by atoms with Gasteiger partial charge >= 0.3 is 8.80 Å². The van der Waals surface area contributed by atoms with E-state index in [1.165, 1.54) is 0 Å². The van der Waals surface area contributed by atoms with Crippen LogP contribution in [0.15, 0.2) is 0 Å². The fraction of sp³-hybridized carbons (Fsp3) is 1.00. The van der Waals surface area contributed by atoms with E-state index in [9.17, 15) is 0 Å². The van der Waals surface area contributed by atoms with Gasteiger partial charge in [-0.15, -0.1) is 0 Å². The molecular formula is C7H18O4SSi. The molecule has 0 saturated carbocycles. The topological polar surface area (TPSA) is 36.9 Å². The molecule has 0 aromatic carbocycles. The molecule has 0 saturated heterocycles. The van der Waals surface area contributed by atoms with Gasteiger partial charge in [-0.25, -0.2) is 0 Å². The molecule has 0 fully saturated rings. The average Bonchev–Trinajstić information content (AvgIpc) is 2.20. The molecule has 0 bridgehead atoms. The van der Waals surface area contributed by atoms with Gasteiger partial charge in [0, 0.05) is 34.0 Å². The van der Waals surface area contributed by atoms with Crippen LogP contribution in [0.1, 0.15) is 6.42 Å². The Morgan fingerprint density at radius 3 is 2.00 bits per heavy atom. The van der Waals surface area contributed by atoms with Crippen LogP contribution in [0.4, 0.5) is 0 Å². The molecule has 0 aliphatic heterocycles. The van der Waals surface area contributed by atoms with Gasteiger partial charge in [-0.05, 0) is 6.42 Å². The van der Waals surface area contributed by atoms with Gasteiger partial charge < -0.3 is 18.0 Å². The lowest BCUT2D eigenvalue weighted by atomic mass is 10.5. The molecule has 6 heteroatoms. The Morgan fingerprint density at radius 2 is 1.62 bits per heavy atom. The van der Waals surface area contributed by atoms with E-state index < -0.39 is 8.80 Å². The average molecular weight is 226 g/mol. The highest BCUT2D eigenvalue weighted by Gasteiger charge is 2.36. The number of thiol groups is 1. The first-order chi connectivity index (χ1) is 6.24. The van der Waals surface area contributed by atoms with E-state index in [4.69, 9.17) is 18.0 Å². The van der Waals surface area contributed by atoms with Crippen LogP contribution in [-0.2, 0) is 18.0 Å². The second-order valence-corrected chi connectivity index (χ2v) is 5.79. The number of hydrogen-bond acceptors (Lipinski definition) is 5. The van der Waals surface area contributed by atoms with Crippen molar-refractivity contribution < 1.29 is 18.0 Å². The number of ether oxygens (including phenoxy) is 1. The summed E-state index contributed by atoms with van der Waals surface area (Å²) in [6.45, 7) is 0.661. The lowest BCUT2D eigenvalue weighted by Gasteiger charge is -2.23. The summed E-state index contributed by atoms with van der Waals surface area (Å²) in [5, 5.41) is 0. The Balaban J connectivity index is 3.68. The van der Waals surface area contributed by atoms with Crippen molar-refractivity contribution in [1.29, 1.82) is 0 Å². The third kappa shape index (κ3) is 4.99. The fourth-order valence-corrected chi connectivity index (χ4v) is 2.83. The maximum atomic E-state index is 5.24. The lowest BCUT2D eigenvalue weighted by molar-refractivity contribution is 0.116. The Bertz CT molecular complexity index is 113. The summed E-state index contributed by atoms with van der Waals surface area (Å²) in [7, 11) is 2.46. The highest BCUT2D eigenvalue weighted by molar-refractivity contribution is 7.80. The van der Waals surface area contributed by atoms with Gasteiger partial charge in [0.15, 0.2) is 0 Å². The minimum absolute atomic E-state index is 0.446. The normalized spacial score (nSPS) is 12.0. The molecule has 0 N–H and O–H groups in total. The minimum Gasteiger partial charge on any atom is -0.377 e. The first-order valence-corrected chi connectivity index (χ1v) is 6.65. The highest BCUT2D eigenvalue weighted by atomic mass is 32.1. The van der Waals surface area contributed by atoms with Crippen molar-refractivity contribution in [3.63, 3.8) is 0 Å². The maximum absolute atomic E-state index is 5.24. The van der Waals surface area contributed by atoms with Crippen molar-refractivity contribution in [2.45, 2.75) is 12.5 Å². The SMILES string of the molecule is CO[Si](CCCOCS)(OC)OC. The maximum Gasteiger partial charge on any atom is 0.500 e. The second-order valence-electron chi connectivity index (χ2n) is 2.44. The van der Waals surface area contributed by atoms with E-state index in [0.717, 1.165) is 12.5 Å². The minimum atomic E-state index is -2.37. The summed E-state index contributed by atoms with van der Waals surface area (Å²) in [6.07, 6.45) is 0.863. The molecule has 13 heavy (non-hydrogen) atoms. The molecule has 4 nitrogen and oxygen atoms in total.